The van der Waals surface area contributed by atoms with E-state index < -0.39 is 22.0 Å². The zero-order chi connectivity index (χ0) is 21.2. The summed E-state index contributed by atoms with van der Waals surface area (Å²) < 4.78 is 40.5. The lowest BCUT2D eigenvalue weighted by atomic mass is 10.0. The predicted octanol–water partition coefficient (Wildman–Crippen LogP) is 4.39. The van der Waals surface area contributed by atoms with E-state index in [0.717, 1.165) is 18.4 Å². The topological polar surface area (TPSA) is 66.5 Å². The molecule has 1 fully saturated rings. The number of nitrogens with one attached hydrogen (secondary N) is 1. The minimum Gasteiger partial charge on any atom is -0.345 e. The van der Waals surface area contributed by atoms with Gasteiger partial charge in [-0.3, -0.25) is 4.79 Å². The Bertz CT molecular complexity index is 987. The minimum atomic E-state index is -3.69. The van der Waals surface area contributed by atoms with E-state index in [1.165, 1.54) is 34.6 Å². The Labute approximate surface area is 175 Å². The molecule has 0 spiro atoms. The lowest BCUT2D eigenvalue weighted by Gasteiger charge is -2.29. The number of amides is 1. The highest BCUT2D eigenvalue weighted by Crippen LogP contribution is 2.27. The molecular formula is C21H24ClFN2O3S. The Morgan fingerprint density at radius 2 is 1.79 bits per heavy atom. The second kappa shape index (κ2) is 8.81. The summed E-state index contributed by atoms with van der Waals surface area (Å²) in [6, 6.07) is 9.58. The molecule has 1 saturated heterocycles. The van der Waals surface area contributed by atoms with Crippen LogP contribution in [0.5, 0.6) is 0 Å². The second-order valence-electron chi connectivity index (χ2n) is 7.47. The molecule has 5 nitrogen and oxygen atoms in total. The van der Waals surface area contributed by atoms with Crippen molar-refractivity contribution in [1.29, 1.82) is 0 Å². The fourth-order valence-electron chi connectivity index (χ4n) is 3.32. The van der Waals surface area contributed by atoms with Crippen molar-refractivity contribution in [3.8, 4) is 0 Å². The van der Waals surface area contributed by atoms with Crippen LogP contribution in [-0.2, 0) is 10.0 Å². The summed E-state index contributed by atoms with van der Waals surface area (Å²) in [6.45, 7) is 4.80. The molecule has 0 radical (unpaired) electrons. The van der Waals surface area contributed by atoms with Crippen LogP contribution in [0, 0.1) is 11.7 Å². The van der Waals surface area contributed by atoms with Crippen LogP contribution in [-0.4, -0.2) is 31.7 Å². The minimum absolute atomic E-state index is 0.0519. The van der Waals surface area contributed by atoms with Crippen LogP contribution in [0.3, 0.4) is 0 Å². The second-order valence-corrected chi connectivity index (χ2v) is 9.82. The predicted molar refractivity (Wildman–Crippen MR) is 111 cm³/mol. The van der Waals surface area contributed by atoms with E-state index in [4.69, 9.17) is 11.6 Å². The van der Waals surface area contributed by atoms with Gasteiger partial charge in [0.2, 0.25) is 10.0 Å². The maximum absolute atomic E-state index is 13.1. The molecule has 1 heterocycles. The standard InChI is InChI=1S/C21H24ClFN2O3S/c1-14-9-11-25(12-10-14)29(27,28)18-7-8-20(22)19(13-18)21(26)24-15(2)16-3-5-17(23)6-4-16/h3-8,13-15H,9-12H2,1-2H3,(H,24,26)/t15-/m1/s1. The van der Waals surface area contributed by atoms with Gasteiger partial charge >= 0.3 is 0 Å². The van der Waals surface area contributed by atoms with Gasteiger partial charge in [0.1, 0.15) is 5.82 Å². The Morgan fingerprint density at radius 1 is 1.17 bits per heavy atom. The highest BCUT2D eigenvalue weighted by molar-refractivity contribution is 7.89. The summed E-state index contributed by atoms with van der Waals surface area (Å²) in [5.41, 5.74) is 0.814. The fourth-order valence-corrected chi connectivity index (χ4v) is 5.02. The Hall–Kier alpha value is -1.96. The van der Waals surface area contributed by atoms with Gasteiger partial charge in [0.15, 0.2) is 0 Å². The zero-order valence-corrected chi connectivity index (χ0v) is 17.9. The van der Waals surface area contributed by atoms with Crippen molar-refractivity contribution in [3.63, 3.8) is 0 Å². The first kappa shape index (κ1) is 21.7. The third-order valence-corrected chi connectivity index (χ3v) is 7.50. The number of carbonyl (C=O) groups excluding carboxylic acids is 1. The first-order chi connectivity index (χ1) is 13.7. The van der Waals surface area contributed by atoms with Gasteiger partial charge in [0, 0.05) is 13.1 Å². The molecule has 156 valence electrons. The summed E-state index contributed by atoms with van der Waals surface area (Å²) >= 11 is 6.18. The molecule has 8 heteroatoms. The molecule has 1 aliphatic rings. The quantitative estimate of drug-likeness (QED) is 0.752. The van der Waals surface area contributed by atoms with Gasteiger partial charge in [-0.2, -0.15) is 4.31 Å². The normalized spacial score (nSPS) is 17.1. The molecule has 0 aliphatic carbocycles. The zero-order valence-electron chi connectivity index (χ0n) is 16.4. The van der Waals surface area contributed by atoms with Crippen LogP contribution in [0.2, 0.25) is 5.02 Å². The summed E-state index contributed by atoms with van der Waals surface area (Å²) in [7, 11) is -3.69. The van der Waals surface area contributed by atoms with E-state index in [1.807, 2.05) is 0 Å². The van der Waals surface area contributed by atoms with E-state index in [2.05, 4.69) is 12.2 Å². The third kappa shape index (κ3) is 4.97. The average molecular weight is 439 g/mol. The monoisotopic (exact) mass is 438 g/mol. The third-order valence-electron chi connectivity index (χ3n) is 5.28. The van der Waals surface area contributed by atoms with E-state index in [0.29, 0.717) is 19.0 Å². The molecule has 1 amide bonds. The van der Waals surface area contributed by atoms with Gasteiger partial charge in [0.25, 0.3) is 5.91 Å². The van der Waals surface area contributed by atoms with Crippen LogP contribution < -0.4 is 5.32 Å². The first-order valence-corrected chi connectivity index (χ1v) is 11.4. The summed E-state index contributed by atoms with van der Waals surface area (Å²) in [6.07, 6.45) is 1.63. The van der Waals surface area contributed by atoms with Crippen LogP contribution in [0.15, 0.2) is 47.4 Å². The highest BCUT2D eigenvalue weighted by atomic mass is 35.5. The molecular weight excluding hydrogens is 415 g/mol. The van der Waals surface area contributed by atoms with Crippen molar-refractivity contribution in [2.45, 2.75) is 37.6 Å². The van der Waals surface area contributed by atoms with Crippen LogP contribution in [0.4, 0.5) is 4.39 Å². The summed E-state index contributed by atoms with van der Waals surface area (Å²) in [5, 5.41) is 2.95. The first-order valence-electron chi connectivity index (χ1n) is 9.54. The van der Waals surface area contributed by atoms with Crippen LogP contribution in [0.25, 0.3) is 0 Å². The molecule has 2 aromatic carbocycles. The highest BCUT2D eigenvalue weighted by Gasteiger charge is 2.29. The fraction of sp³-hybridized carbons (Fsp3) is 0.381. The van der Waals surface area contributed by atoms with Gasteiger partial charge in [-0.15, -0.1) is 0 Å². The Balaban J connectivity index is 1.81. The summed E-state index contributed by atoms with van der Waals surface area (Å²) in [5.74, 6) is -0.350. The molecule has 3 rings (SSSR count). The maximum Gasteiger partial charge on any atom is 0.253 e. The number of piperidine rings is 1. The molecule has 0 saturated carbocycles. The molecule has 0 bridgehead atoms. The smallest absolute Gasteiger partial charge is 0.253 e. The van der Waals surface area contributed by atoms with E-state index in [9.17, 15) is 17.6 Å². The van der Waals surface area contributed by atoms with E-state index >= 15 is 0 Å². The van der Waals surface area contributed by atoms with Crippen molar-refractivity contribution in [3.05, 3.63) is 64.4 Å². The number of sulfonamides is 1. The molecule has 1 N–H and O–H groups in total. The molecule has 0 aromatic heterocycles. The Morgan fingerprint density at radius 3 is 2.41 bits per heavy atom. The van der Waals surface area contributed by atoms with Crippen molar-refractivity contribution in [1.82, 2.24) is 9.62 Å². The number of nitrogens with zero attached hydrogens (tertiary/aromatic N) is 1. The van der Waals surface area contributed by atoms with Gasteiger partial charge < -0.3 is 5.32 Å². The number of rotatable bonds is 5. The van der Waals surface area contributed by atoms with Crippen LogP contribution in [0.1, 0.15) is 48.7 Å². The van der Waals surface area contributed by atoms with Crippen LogP contribution >= 0.6 is 11.6 Å². The van der Waals surface area contributed by atoms with E-state index in [1.54, 1.807) is 19.1 Å². The largest absolute Gasteiger partial charge is 0.345 e. The van der Waals surface area contributed by atoms with Gasteiger partial charge in [-0.25, -0.2) is 12.8 Å². The lowest BCUT2D eigenvalue weighted by Crippen LogP contribution is -2.38. The Kier molecular flexibility index (Phi) is 6.61. The molecule has 0 unspecified atom stereocenters. The molecule has 29 heavy (non-hydrogen) atoms. The molecule has 1 atom stereocenters. The maximum atomic E-state index is 13.1. The van der Waals surface area contributed by atoms with Gasteiger partial charge in [-0.05, 0) is 61.6 Å². The number of hydrogen-bond donors (Lipinski definition) is 1. The van der Waals surface area contributed by atoms with Crippen molar-refractivity contribution in [2.75, 3.05) is 13.1 Å². The van der Waals surface area contributed by atoms with E-state index in [-0.39, 0.29) is 21.3 Å². The number of hydrogen-bond acceptors (Lipinski definition) is 3. The number of benzene rings is 2. The lowest BCUT2D eigenvalue weighted by molar-refractivity contribution is 0.0940. The van der Waals surface area contributed by atoms with Crippen molar-refractivity contribution in [2.24, 2.45) is 5.92 Å². The molecule has 1 aliphatic heterocycles. The summed E-state index contributed by atoms with van der Waals surface area (Å²) in [4.78, 5) is 12.8. The average Bonchev–Trinajstić information content (AvgIpc) is 2.68. The number of carbonyl (C=O) groups is 1. The van der Waals surface area contributed by atoms with Gasteiger partial charge in [0.05, 0.1) is 21.5 Å². The number of halogens is 2. The SMILES string of the molecule is CC1CCN(S(=O)(=O)c2ccc(Cl)c(C(=O)N[C@H](C)c3ccc(F)cc3)c2)CC1. The van der Waals surface area contributed by atoms with Gasteiger partial charge in [-0.1, -0.05) is 30.7 Å². The van der Waals surface area contributed by atoms with Crippen molar-refractivity contribution < 1.29 is 17.6 Å². The molecule has 2 aromatic rings. The van der Waals surface area contributed by atoms with Crippen molar-refractivity contribution >= 4 is 27.5 Å².